The second-order valence-corrected chi connectivity index (χ2v) is 7.60. The molecule has 0 bridgehead atoms. The van der Waals surface area contributed by atoms with Gasteiger partial charge in [-0.15, -0.1) is 0 Å². The molecule has 118 valence electrons. The normalized spacial score (nSPS) is 19.0. The van der Waals surface area contributed by atoms with Crippen molar-refractivity contribution in [2.75, 3.05) is 26.4 Å². The number of hydrogen-bond acceptors (Lipinski definition) is 4. The number of sulfonamides is 1. The number of rotatable bonds is 8. The first-order valence-electron chi connectivity index (χ1n) is 7.02. The van der Waals surface area contributed by atoms with Crippen LogP contribution in [0.5, 0.6) is 0 Å². The van der Waals surface area contributed by atoms with Crippen LogP contribution in [-0.2, 0) is 19.5 Å². The Labute approximate surface area is 134 Å². The maximum Gasteiger partial charge on any atom is 0.240 e. The number of ether oxygens (including phenoxy) is 2. The highest BCUT2D eigenvalue weighted by Crippen LogP contribution is 2.15. The minimum absolute atomic E-state index is 0.211. The maximum absolute atomic E-state index is 12.0. The first-order valence-corrected chi connectivity index (χ1v) is 9.30. The van der Waals surface area contributed by atoms with E-state index in [0.717, 1.165) is 23.9 Å². The van der Waals surface area contributed by atoms with Crippen molar-refractivity contribution >= 4 is 26.0 Å². The van der Waals surface area contributed by atoms with Gasteiger partial charge in [-0.25, -0.2) is 13.1 Å². The summed E-state index contributed by atoms with van der Waals surface area (Å²) in [5.74, 6) is 0. The predicted octanol–water partition coefficient (Wildman–Crippen LogP) is 2.31. The molecule has 2 rings (SSSR count). The van der Waals surface area contributed by atoms with Gasteiger partial charge in [-0.1, -0.05) is 22.0 Å². The third-order valence-corrected chi connectivity index (χ3v) is 5.14. The lowest BCUT2D eigenvalue weighted by Crippen LogP contribution is -2.26. The molecule has 1 aromatic carbocycles. The summed E-state index contributed by atoms with van der Waals surface area (Å²) >= 11 is 3.27. The highest BCUT2D eigenvalue weighted by molar-refractivity contribution is 9.10. The molecular weight excluding hydrogens is 358 g/mol. The van der Waals surface area contributed by atoms with Gasteiger partial charge in [-0.05, 0) is 37.5 Å². The molecule has 7 heteroatoms. The van der Waals surface area contributed by atoms with E-state index < -0.39 is 10.0 Å². The van der Waals surface area contributed by atoms with E-state index in [2.05, 4.69) is 20.7 Å². The van der Waals surface area contributed by atoms with E-state index in [1.54, 1.807) is 24.3 Å². The zero-order chi connectivity index (χ0) is 15.1. The topological polar surface area (TPSA) is 64.6 Å². The highest BCUT2D eigenvalue weighted by Gasteiger charge is 2.15. The van der Waals surface area contributed by atoms with Crippen LogP contribution >= 0.6 is 15.9 Å². The molecule has 1 fully saturated rings. The van der Waals surface area contributed by atoms with Gasteiger partial charge in [-0.3, -0.25) is 0 Å². The van der Waals surface area contributed by atoms with Crippen molar-refractivity contribution in [3.63, 3.8) is 0 Å². The summed E-state index contributed by atoms with van der Waals surface area (Å²) < 4.78 is 38.3. The molecule has 1 saturated heterocycles. The van der Waals surface area contributed by atoms with E-state index in [4.69, 9.17) is 9.47 Å². The summed E-state index contributed by atoms with van der Waals surface area (Å²) in [6, 6.07) is 6.64. The van der Waals surface area contributed by atoms with Gasteiger partial charge in [0.05, 0.1) is 17.6 Å². The van der Waals surface area contributed by atoms with Crippen LogP contribution < -0.4 is 4.72 Å². The number of benzene rings is 1. The number of hydrogen-bond donors (Lipinski definition) is 1. The number of nitrogens with one attached hydrogen (secondary N) is 1. The Morgan fingerprint density at radius 1 is 1.43 bits per heavy atom. The van der Waals surface area contributed by atoms with Gasteiger partial charge in [0.25, 0.3) is 0 Å². The van der Waals surface area contributed by atoms with E-state index in [1.165, 1.54) is 0 Å². The minimum atomic E-state index is -3.45. The fourth-order valence-electron chi connectivity index (χ4n) is 2.09. The smallest absolute Gasteiger partial charge is 0.240 e. The summed E-state index contributed by atoms with van der Waals surface area (Å²) in [4.78, 5) is 0.261. The van der Waals surface area contributed by atoms with Crippen LogP contribution in [0.4, 0.5) is 0 Å². The molecule has 1 atom stereocenters. The molecule has 0 spiro atoms. The summed E-state index contributed by atoms with van der Waals surface area (Å²) in [6.45, 7) is 2.31. The van der Waals surface area contributed by atoms with Crippen molar-refractivity contribution in [1.82, 2.24) is 4.72 Å². The molecule has 1 heterocycles. The summed E-state index contributed by atoms with van der Waals surface area (Å²) in [7, 11) is -3.45. The molecule has 1 aliphatic rings. The van der Waals surface area contributed by atoms with Crippen molar-refractivity contribution in [1.29, 1.82) is 0 Å². The van der Waals surface area contributed by atoms with Crippen molar-refractivity contribution in [3.05, 3.63) is 28.7 Å². The van der Waals surface area contributed by atoms with Gasteiger partial charge in [0, 0.05) is 24.2 Å². The summed E-state index contributed by atoms with van der Waals surface area (Å²) in [5.41, 5.74) is 0. The lowest BCUT2D eigenvalue weighted by atomic mass is 10.2. The zero-order valence-electron chi connectivity index (χ0n) is 11.8. The molecule has 0 saturated carbocycles. The standard InChI is InChI=1S/C14H20BrNO4S/c15-12-4-1-6-14(10-12)21(17,18)16-7-3-8-19-11-13-5-2-9-20-13/h1,4,6,10,13,16H,2-3,5,7-9,11H2. The first kappa shape index (κ1) is 16.9. The Morgan fingerprint density at radius 3 is 3.00 bits per heavy atom. The van der Waals surface area contributed by atoms with Gasteiger partial charge in [-0.2, -0.15) is 0 Å². The third kappa shape index (κ3) is 5.67. The molecule has 1 N–H and O–H groups in total. The molecule has 1 aromatic rings. The number of halogens is 1. The van der Waals surface area contributed by atoms with Crippen LogP contribution in [0.3, 0.4) is 0 Å². The third-order valence-electron chi connectivity index (χ3n) is 3.19. The van der Waals surface area contributed by atoms with Crippen LogP contribution in [0.15, 0.2) is 33.6 Å². The predicted molar refractivity (Wildman–Crippen MR) is 83.7 cm³/mol. The minimum Gasteiger partial charge on any atom is -0.379 e. The van der Waals surface area contributed by atoms with Gasteiger partial charge in [0.1, 0.15) is 0 Å². The fraction of sp³-hybridized carbons (Fsp3) is 0.571. The molecule has 0 aromatic heterocycles. The van der Waals surface area contributed by atoms with Crippen LogP contribution in [0.25, 0.3) is 0 Å². The molecule has 21 heavy (non-hydrogen) atoms. The molecule has 0 radical (unpaired) electrons. The van der Waals surface area contributed by atoms with Gasteiger partial charge < -0.3 is 9.47 Å². The SMILES string of the molecule is O=S(=O)(NCCCOCC1CCCO1)c1cccc(Br)c1. The molecule has 5 nitrogen and oxygen atoms in total. The van der Waals surface area contributed by atoms with E-state index in [0.29, 0.717) is 26.2 Å². The lowest BCUT2D eigenvalue weighted by Gasteiger charge is -2.10. The summed E-state index contributed by atoms with van der Waals surface area (Å²) in [6.07, 6.45) is 3.00. The van der Waals surface area contributed by atoms with E-state index in [9.17, 15) is 8.42 Å². The average Bonchev–Trinajstić information content (AvgIpc) is 2.96. The summed E-state index contributed by atoms with van der Waals surface area (Å²) in [5, 5.41) is 0. The molecule has 0 aliphatic carbocycles. The average molecular weight is 378 g/mol. The van der Waals surface area contributed by atoms with Crippen molar-refractivity contribution in [3.8, 4) is 0 Å². The molecule has 1 aliphatic heterocycles. The van der Waals surface area contributed by atoms with Crippen molar-refractivity contribution in [2.45, 2.75) is 30.3 Å². The highest BCUT2D eigenvalue weighted by atomic mass is 79.9. The van der Waals surface area contributed by atoms with Crippen LogP contribution in [0, 0.1) is 0 Å². The monoisotopic (exact) mass is 377 g/mol. The Balaban J connectivity index is 1.65. The quantitative estimate of drug-likeness (QED) is 0.706. The second kappa shape index (κ2) is 8.24. The van der Waals surface area contributed by atoms with Gasteiger partial charge in [0.2, 0.25) is 10.0 Å². The van der Waals surface area contributed by atoms with Crippen LogP contribution in [0.2, 0.25) is 0 Å². The van der Waals surface area contributed by atoms with E-state index in [1.807, 2.05) is 0 Å². The van der Waals surface area contributed by atoms with Gasteiger partial charge >= 0.3 is 0 Å². The Bertz CT molecular complexity index is 544. The largest absolute Gasteiger partial charge is 0.379 e. The van der Waals surface area contributed by atoms with E-state index >= 15 is 0 Å². The van der Waals surface area contributed by atoms with Crippen LogP contribution in [0.1, 0.15) is 19.3 Å². The Hall–Kier alpha value is -0.470. The molecule has 0 amide bonds. The van der Waals surface area contributed by atoms with Crippen molar-refractivity contribution < 1.29 is 17.9 Å². The Kier molecular flexibility index (Phi) is 6.63. The van der Waals surface area contributed by atoms with E-state index in [-0.39, 0.29) is 11.0 Å². The van der Waals surface area contributed by atoms with Crippen molar-refractivity contribution in [2.24, 2.45) is 0 Å². The fourth-order valence-corrected chi connectivity index (χ4v) is 3.76. The van der Waals surface area contributed by atoms with Crippen LogP contribution in [-0.4, -0.2) is 40.9 Å². The molecular formula is C14H20BrNO4S. The zero-order valence-corrected chi connectivity index (χ0v) is 14.2. The second-order valence-electron chi connectivity index (χ2n) is 4.92. The maximum atomic E-state index is 12.0. The van der Waals surface area contributed by atoms with Gasteiger partial charge in [0.15, 0.2) is 0 Å². The lowest BCUT2D eigenvalue weighted by molar-refractivity contribution is 0.0169. The Morgan fingerprint density at radius 2 is 2.29 bits per heavy atom. The first-order chi connectivity index (χ1) is 10.1. The molecule has 1 unspecified atom stereocenters.